The van der Waals surface area contributed by atoms with Gasteiger partial charge in [-0.1, -0.05) is 12.8 Å². The van der Waals surface area contributed by atoms with Gasteiger partial charge in [0.1, 0.15) is 16.9 Å². The standard InChI is InChI=1S/C21H28N3O5P/c1-14(2)29-18-9-16(8-17(10-18)28-13-15-6-4-5-7-15)21(25)24-19-11-23-20(12-22-19)30(3,26)27/h8-12,14-15H,4-7,13H2,1-3H3,(H,26,27)(H,22,24,25). The minimum Gasteiger partial charge on any atom is -0.493 e. The number of hydrogen-bond acceptors (Lipinski definition) is 6. The third kappa shape index (κ3) is 6.28. The van der Waals surface area contributed by atoms with E-state index in [1.54, 1.807) is 18.2 Å². The van der Waals surface area contributed by atoms with Crippen LogP contribution in [-0.4, -0.2) is 40.1 Å². The quantitative estimate of drug-likeness (QED) is 0.612. The van der Waals surface area contributed by atoms with Crippen LogP contribution in [0, 0.1) is 5.92 Å². The summed E-state index contributed by atoms with van der Waals surface area (Å²) < 4.78 is 23.4. The summed E-state index contributed by atoms with van der Waals surface area (Å²) in [7, 11) is -3.49. The van der Waals surface area contributed by atoms with Crippen molar-refractivity contribution in [3.8, 4) is 11.5 Å². The van der Waals surface area contributed by atoms with Gasteiger partial charge >= 0.3 is 0 Å². The Morgan fingerprint density at radius 2 is 1.90 bits per heavy atom. The molecule has 1 atom stereocenters. The Labute approximate surface area is 176 Å². The van der Waals surface area contributed by atoms with Gasteiger partial charge in [-0.25, -0.2) is 9.97 Å². The van der Waals surface area contributed by atoms with Crippen molar-refractivity contribution in [2.45, 2.75) is 45.6 Å². The topological polar surface area (TPSA) is 111 Å². The highest BCUT2D eigenvalue weighted by Crippen LogP contribution is 2.32. The molecule has 1 saturated carbocycles. The van der Waals surface area contributed by atoms with Crippen LogP contribution in [0.25, 0.3) is 0 Å². The van der Waals surface area contributed by atoms with Crippen LogP contribution in [0.3, 0.4) is 0 Å². The lowest BCUT2D eigenvalue weighted by atomic mass is 10.1. The average Bonchev–Trinajstić information content (AvgIpc) is 3.19. The van der Waals surface area contributed by atoms with Crippen LogP contribution >= 0.6 is 7.37 Å². The lowest BCUT2D eigenvalue weighted by Crippen LogP contribution is -2.17. The highest BCUT2D eigenvalue weighted by molar-refractivity contribution is 7.65. The first-order valence-corrected chi connectivity index (χ1v) is 12.2. The summed E-state index contributed by atoms with van der Waals surface area (Å²) >= 11 is 0. The minimum atomic E-state index is -3.49. The maximum absolute atomic E-state index is 12.8. The number of anilines is 1. The van der Waals surface area contributed by atoms with Gasteiger partial charge in [0.25, 0.3) is 5.91 Å². The fraction of sp³-hybridized carbons (Fsp3) is 0.476. The fourth-order valence-corrected chi connectivity index (χ4v) is 3.85. The van der Waals surface area contributed by atoms with Crippen molar-refractivity contribution in [1.29, 1.82) is 0 Å². The Morgan fingerprint density at radius 3 is 2.50 bits per heavy atom. The molecule has 1 aliphatic carbocycles. The van der Waals surface area contributed by atoms with E-state index in [0.29, 0.717) is 29.6 Å². The molecule has 2 aromatic rings. The van der Waals surface area contributed by atoms with Crippen LogP contribution in [0.5, 0.6) is 11.5 Å². The molecule has 0 spiro atoms. The molecular formula is C21H28N3O5P. The fourth-order valence-electron chi connectivity index (χ4n) is 3.31. The molecule has 8 nitrogen and oxygen atoms in total. The molecule has 1 fully saturated rings. The monoisotopic (exact) mass is 433 g/mol. The highest BCUT2D eigenvalue weighted by Gasteiger charge is 2.18. The number of carbonyl (C=O) groups is 1. The number of ether oxygens (including phenoxy) is 2. The summed E-state index contributed by atoms with van der Waals surface area (Å²) in [4.78, 5) is 30.2. The highest BCUT2D eigenvalue weighted by atomic mass is 31.2. The third-order valence-corrected chi connectivity index (χ3v) is 5.86. The average molecular weight is 433 g/mol. The second kappa shape index (κ2) is 9.58. The molecule has 9 heteroatoms. The normalized spacial score (nSPS) is 16.3. The Hall–Kier alpha value is -2.44. The molecule has 0 saturated heterocycles. The van der Waals surface area contributed by atoms with Crippen molar-refractivity contribution in [2.75, 3.05) is 18.6 Å². The van der Waals surface area contributed by atoms with Crippen molar-refractivity contribution in [3.05, 3.63) is 36.2 Å². The molecular weight excluding hydrogens is 405 g/mol. The molecule has 0 radical (unpaired) electrons. The van der Waals surface area contributed by atoms with Gasteiger partial charge < -0.3 is 19.7 Å². The molecule has 1 unspecified atom stereocenters. The predicted molar refractivity (Wildman–Crippen MR) is 115 cm³/mol. The first kappa shape index (κ1) is 22.2. The van der Waals surface area contributed by atoms with Gasteiger partial charge in [-0.3, -0.25) is 9.36 Å². The van der Waals surface area contributed by atoms with Crippen LogP contribution in [0.1, 0.15) is 49.9 Å². The summed E-state index contributed by atoms with van der Waals surface area (Å²) in [5.41, 5.74) is 0.346. The lowest BCUT2D eigenvalue weighted by molar-refractivity contribution is 0.102. The zero-order valence-corrected chi connectivity index (χ0v) is 18.4. The maximum atomic E-state index is 12.8. The van der Waals surface area contributed by atoms with E-state index in [0.717, 1.165) is 0 Å². The number of rotatable bonds is 8. The first-order chi connectivity index (χ1) is 14.2. The summed E-state index contributed by atoms with van der Waals surface area (Å²) in [6.45, 7) is 5.63. The molecule has 0 bridgehead atoms. The molecule has 1 aliphatic rings. The van der Waals surface area contributed by atoms with E-state index in [4.69, 9.17) is 9.47 Å². The van der Waals surface area contributed by atoms with E-state index in [1.807, 2.05) is 13.8 Å². The Bertz CT molecular complexity index is 921. The van der Waals surface area contributed by atoms with E-state index in [9.17, 15) is 14.3 Å². The van der Waals surface area contributed by atoms with Gasteiger partial charge in [0.05, 0.1) is 25.1 Å². The second-order valence-corrected chi connectivity index (χ2v) is 10.1. The Morgan fingerprint density at radius 1 is 1.20 bits per heavy atom. The third-order valence-electron chi connectivity index (χ3n) is 4.78. The molecule has 30 heavy (non-hydrogen) atoms. The van der Waals surface area contributed by atoms with Gasteiger partial charge in [-0.05, 0) is 44.7 Å². The zero-order chi connectivity index (χ0) is 21.7. The van der Waals surface area contributed by atoms with Crippen LogP contribution in [0.15, 0.2) is 30.6 Å². The van der Waals surface area contributed by atoms with Crippen LogP contribution in [0.2, 0.25) is 0 Å². The molecule has 2 N–H and O–H groups in total. The number of benzene rings is 1. The molecule has 1 aromatic heterocycles. The van der Waals surface area contributed by atoms with Crippen molar-refractivity contribution >= 4 is 24.5 Å². The zero-order valence-electron chi connectivity index (χ0n) is 17.5. The van der Waals surface area contributed by atoms with Gasteiger partial charge in [0.2, 0.25) is 7.37 Å². The lowest BCUT2D eigenvalue weighted by Gasteiger charge is -2.16. The van der Waals surface area contributed by atoms with Gasteiger partial charge in [0.15, 0.2) is 5.82 Å². The Balaban J connectivity index is 1.75. The summed E-state index contributed by atoms with van der Waals surface area (Å²) in [5, 5.41) is 2.65. The maximum Gasteiger partial charge on any atom is 0.257 e. The van der Waals surface area contributed by atoms with Crippen LogP contribution in [0.4, 0.5) is 5.82 Å². The molecule has 1 heterocycles. The van der Waals surface area contributed by atoms with Gasteiger partial charge in [0, 0.05) is 18.3 Å². The summed E-state index contributed by atoms with van der Waals surface area (Å²) in [6.07, 6.45) is 7.21. The number of nitrogens with zero attached hydrogens (tertiary/aromatic N) is 2. The van der Waals surface area contributed by atoms with Crippen molar-refractivity contribution in [2.24, 2.45) is 5.92 Å². The number of hydrogen-bond donors (Lipinski definition) is 2. The molecule has 1 amide bonds. The molecule has 0 aliphatic heterocycles. The van der Waals surface area contributed by atoms with Crippen LogP contribution in [-0.2, 0) is 4.57 Å². The van der Waals surface area contributed by atoms with E-state index in [1.165, 1.54) is 44.7 Å². The summed E-state index contributed by atoms with van der Waals surface area (Å²) in [6, 6.07) is 5.11. The van der Waals surface area contributed by atoms with Crippen molar-refractivity contribution in [3.63, 3.8) is 0 Å². The first-order valence-electron chi connectivity index (χ1n) is 10.1. The van der Waals surface area contributed by atoms with Gasteiger partial charge in [-0.15, -0.1) is 0 Å². The van der Waals surface area contributed by atoms with Crippen molar-refractivity contribution in [1.82, 2.24) is 9.97 Å². The minimum absolute atomic E-state index is 0.0181. The smallest absolute Gasteiger partial charge is 0.257 e. The SMILES string of the molecule is CC(C)Oc1cc(OCC2CCCC2)cc(C(=O)Nc2cnc(P(C)(=O)O)cn2)c1. The Kier molecular flexibility index (Phi) is 7.10. The van der Waals surface area contributed by atoms with Crippen molar-refractivity contribution < 1.29 is 23.7 Å². The second-order valence-electron chi connectivity index (χ2n) is 7.91. The van der Waals surface area contributed by atoms with E-state index in [-0.39, 0.29) is 17.4 Å². The molecule has 162 valence electrons. The van der Waals surface area contributed by atoms with E-state index >= 15 is 0 Å². The largest absolute Gasteiger partial charge is 0.493 e. The molecule has 1 aromatic carbocycles. The van der Waals surface area contributed by atoms with Gasteiger partial charge in [-0.2, -0.15) is 0 Å². The number of amides is 1. The molecule has 3 rings (SSSR count). The number of carbonyl (C=O) groups excluding carboxylic acids is 1. The van der Waals surface area contributed by atoms with E-state index in [2.05, 4.69) is 15.3 Å². The van der Waals surface area contributed by atoms with Crippen LogP contribution < -0.4 is 20.2 Å². The number of aromatic nitrogens is 2. The summed E-state index contributed by atoms with van der Waals surface area (Å²) in [5.74, 6) is 1.46. The number of nitrogens with one attached hydrogen (secondary N) is 1. The predicted octanol–water partition coefficient (Wildman–Crippen LogP) is 3.61. The van der Waals surface area contributed by atoms with E-state index < -0.39 is 13.3 Å².